The van der Waals surface area contributed by atoms with Gasteiger partial charge < -0.3 is 9.59 Å². The van der Waals surface area contributed by atoms with E-state index in [0.717, 1.165) is 10.9 Å². The van der Waals surface area contributed by atoms with E-state index in [0.29, 0.717) is 5.75 Å². The number of benzene rings is 1. The number of unbranched alkanes of at least 4 members (excludes halogenated alkanes) is 22. The Morgan fingerprint density at radius 3 is 1.32 bits per heavy atom. The second kappa shape index (κ2) is 23.4. The summed E-state index contributed by atoms with van der Waals surface area (Å²) in [5.41, 5.74) is 2.52. The van der Waals surface area contributed by atoms with Crippen molar-refractivity contribution in [2.45, 2.75) is 194 Å². The minimum Gasteiger partial charge on any atom is -0.508 e. The van der Waals surface area contributed by atoms with Crippen molar-refractivity contribution in [1.29, 1.82) is 0 Å². The van der Waals surface area contributed by atoms with E-state index in [1.807, 2.05) is 6.07 Å². The van der Waals surface area contributed by atoms with Crippen LogP contribution >= 0.6 is 0 Å². The van der Waals surface area contributed by atoms with Crippen LogP contribution in [0, 0.1) is 0 Å². The fourth-order valence-electron chi connectivity index (χ4n) is 6.51. The molecule has 0 amide bonds. The molecule has 2 nitrogen and oxygen atoms in total. The van der Waals surface area contributed by atoms with E-state index >= 15 is 0 Å². The first-order chi connectivity index (χ1) is 19.8. The standard InChI is InChI=1S/C39H73NO/c1-7-9-11-13-15-17-19-20-21-22-24-26-28-30-35-40(5,6)39(3,4)37-33-31-34-38(41)36(37)32-29-27-25-23-18-16-14-12-10-8-2/h31,33-34H,7-30,32,35H2,1-6H3/p+1. The average molecular weight is 573 g/mol. The lowest BCUT2D eigenvalue weighted by Gasteiger charge is -2.46. The number of hydrogen-bond donors (Lipinski definition) is 1. The third-order valence-electron chi connectivity index (χ3n) is 10.2. The fourth-order valence-corrected chi connectivity index (χ4v) is 6.51. The highest BCUT2D eigenvalue weighted by atomic mass is 16.3. The predicted octanol–water partition coefficient (Wildman–Crippen LogP) is 12.6. The molecule has 0 heterocycles. The first kappa shape index (κ1) is 38.0. The fraction of sp³-hybridized carbons (Fsp3) is 0.846. The number of phenols is 1. The molecule has 0 radical (unpaired) electrons. The largest absolute Gasteiger partial charge is 0.508 e. The Balaban J connectivity index is 2.34. The van der Waals surface area contributed by atoms with Crippen molar-refractivity contribution in [1.82, 2.24) is 0 Å². The first-order valence-electron chi connectivity index (χ1n) is 18.4. The van der Waals surface area contributed by atoms with Crippen molar-refractivity contribution >= 4 is 0 Å². The van der Waals surface area contributed by atoms with Crippen LogP contribution < -0.4 is 0 Å². The lowest BCUT2D eigenvalue weighted by Crippen LogP contribution is -2.54. The van der Waals surface area contributed by atoms with Crippen molar-refractivity contribution in [2.24, 2.45) is 0 Å². The molecule has 1 aromatic rings. The van der Waals surface area contributed by atoms with Gasteiger partial charge in [-0.1, -0.05) is 161 Å². The molecule has 1 rings (SSSR count). The molecule has 0 saturated carbocycles. The highest BCUT2D eigenvalue weighted by Gasteiger charge is 2.39. The molecule has 41 heavy (non-hydrogen) atoms. The smallest absolute Gasteiger partial charge is 0.119 e. The quantitative estimate of drug-likeness (QED) is 0.0782. The zero-order valence-electron chi connectivity index (χ0n) is 29.0. The van der Waals surface area contributed by atoms with Gasteiger partial charge in [-0.2, -0.15) is 0 Å². The first-order valence-corrected chi connectivity index (χ1v) is 18.4. The molecule has 2 heteroatoms. The summed E-state index contributed by atoms with van der Waals surface area (Å²) >= 11 is 0. The van der Waals surface area contributed by atoms with Crippen LogP contribution in [-0.4, -0.2) is 30.2 Å². The van der Waals surface area contributed by atoms with Crippen LogP contribution in [0.4, 0.5) is 0 Å². The number of rotatable bonds is 28. The summed E-state index contributed by atoms with van der Waals surface area (Å²) in [5.74, 6) is 0.503. The van der Waals surface area contributed by atoms with Crippen molar-refractivity contribution in [3.8, 4) is 5.75 Å². The van der Waals surface area contributed by atoms with Crippen LogP contribution in [0.15, 0.2) is 18.2 Å². The topological polar surface area (TPSA) is 20.2 Å². The molecule has 0 aliphatic heterocycles. The Kier molecular flexibility index (Phi) is 21.7. The van der Waals surface area contributed by atoms with E-state index in [9.17, 15) is 5.11 Å². The maximum Gasteiger partial charge on any atom is 0.119 e. The molecule has 1 aromatic carbocycles. The lowest BCUT2D eigenvalue weighted by molar-refractivity contribution is -0.945. The number of hydrogen-bond acceptors (Lipinski definition) is 1. The van der Waals surface area contributed by atoms with Crippen molar-refractivity contribution < 1.29 is 9.59 Å². The average Bonchev–Trinajstić information content (AvgIpc) is 2.94. The third kappa shape index (κ3) is 16.4. The predicted molar refractivity (Wildman–Crippen MR) is 184 cm³/mol. The van der Waals surface area contributed by atoms with Gasteiger partial charge >= 0.3 is 0 Å². The van der Waals surface area contributed by atoms with Gasteiger partial charge in [0, 0.05) is 11.1 Å². The minimum absolute atomic E-state index is 0.0247. The van der Waals surface area contributed by atoms with E-state index in [4.69, 9.17) is 0 Å². The molecule has 0 aromatic heterocycles. The Labute approximate surface area is 258 Å². The number of quaternary nitrogens is 1. The second-order valence-corrected chi connectivity index (χ2v) is 14.3. The Bertz CT molecular complexity index is 737. The zero-order valence-corrected chi connectivity index (χ0v) is 29.0. The summed E-state index contributed by atoms with van der Waals surface area (Å²) in [5, 5.41) is 10.9. The van der Waals surface area contributed by atoms with Gasteiger partial charge in [-0.25, -0.2) is 0 Å². The van der Waals surface area contributed by atoms with Crippen LogP contribution in [0.5, 0.6) is 5.75 Å². The minimum atomic E-state index is -0.0247. The summed E-state index contributed by atoms with van der Waals surface area (Å²) in [6.07, 6.45) is 34.3. The highest BCUT2D eigenvalue weighted by molar-refractivity contribution is 5.42. The van der Waals surface area contributed by atoms with Gasteiger partial charge in [-0.15, -0.1) is 0 Å². The van der Waals surface area contributed by atoms with Crippen LogP contribution in [0.25, 0.3) is 0 Å². The molecule has 0 bridgehead atoms. The SMILES string of the molecule is CCCCCCCCCCCCCCCC[N+](C)(C)C(C)(C)c1cccc(O)c1CCCCCCCCCCCC. The van der Waals surface area contributed by atoms with Gasteiger partial charge in [0.05, 0.1) is 20.6 Å². The summed E-state index contributed by atoms with van der Waals surface area (Å²) in [7, 11) is 4.80. The molecule has 0 spiro atoms. The monoisotopic (exact) mass is 573 g/mol. The summed E-state index contributed by atoms with van der Waals surface area (Å²) < 4.78 is 0.972. The van der Waals surface area contributed by atoms with E-state index < -0.39 is 0 Å². The summed E-state index contributed by atoms with van der Waals surface area (Å²) in [6, 6.07) is 6.25. The van der Waals surface area contributed by atoms with Crippen molar-refractivity contribution in [3.63, 3.8) is 0 Å². The normalized spacial score (nSPS) is 12.3. The molecular weight excluding hydrogens is 498 g/mol. The van der Waals surface area contributed by atoms with Gasteiger partial charge in [-0.3, -0.25) is 0 Å². The van der Waals surface area contributed by atoms with Gasteiger partial charge in [0.1, 0.15) is 11.3 Å². The maximum absolute atomic E-state index is 10.9. The number of nitrogens with zero attached hydrogens (tertiary/aromatic N) is 1. The maximum atomic E-state index is 10.9. The zero-order chi connectivity index (χ0) is 30.2. The summed E-state index contributed by atoms with van der Waals surface area (Å²) in [6.45, 7) is 10.6. The molecule has 0 unspecified atom stereocenters. The Hall–Kier alpha value is -1.02. The third-order valence-corrected chi connectivity index (χ3v) is 10.2. The lowest BCUT2D eigenvalue weighted by atomic mass is 9.84. The molecule has 240 valence electrons. The van der Waals surface area contributed by atoms with Crippen LogP contribution in [0.1, 0.15) is 193 Å². The molecular formula is C39H74NO+. The molecule has 0 aliphatic carbocycles. The Morgan fingerprint density at radius 1 is 0.537 bits per heavy atom. The van der Waals surface area contributed by atoms with E-state index in [1.54, 1.807) is 0 Å². The second-order valence-electron chi connectivity index (χ2n) is 14.3. The summed E-state index contributed by atoms with van der Waals surface area (Å²) in [4.78, 5) is 0. The number of phenolic OH excluding ortho intramolecular Hbond substituents is 1. The molecule has 0 atom stereocenters. The molecule has 1 N–H and O–H groups in total. The van der Waals surface area contributed by atoms with E-state index in [1.165, 1.54) is 172 Å². The van der Waals surface area contributed by atoms with Crippen molar-refractivity contribution in [3.05, 3.63) is 29.3 Å². The van der Waals surface area contributed by atoms with Gasteiger partial charge in [0.2, 0.25) is 0 Å². The number of aromatic hydroxyl groups is 1. The highest BCUT2D eigenvalue weighted by Crippen LogP contribution is 2.38. The van der Waals surface area contributed by atoms with Gasteiger partial charge in [0.15, 0.2) is 0 Å². The molecule has 0 aliphatic rings. The van der Waals surface area contributed by atoms with Crippen LogP contribution in [0.3, 0.4) is 0 Å². The van der Waals surface area contributed by atoms with Crippen LogP contribution in [-0.2, 0) is 12.0 Å². The van der Waals surface area contributed by atoms with E-state index in [-0.39, 0.29) is 5.54 Å². The van der Waals surface area contributed by atoms with Crippen LogP contribution in [0.2, 0.25) is 0 Å². The van der Waals surface area contributed by atoms with Gasteiger partial charge in [-0.05, 0) is 45.6 Å². The Morgan fingerprint density at radius 2 is 0.902 bits per heavy atom. The van der Waals surface area contributed by atoms with Gasteiger partial charge in [0.25, 0.3) is 0 Å². The van der Waals surface area contributed by atoms with E-state index in [2.05, 4.69) is 53.9 Å². The molecule has 0 fully saturated rings. The molecule has 0 saturated heterocycles. The van der Waals surface area contributed by atoms with Crippen molar-refractivity contribution in [2.75, 3.05) is 20.6 Å².